The molecule has 1 rings (SSSR count). The average molecular weight is 382 g/mol. The van der Waals surface area contributed by atoms with Crippen molar-refractivity contribution in [3.05, 3.63) is 34.3 Å². The number of rotatable bonds is 10. The molecular formula is C17H24BrN3O2. The zero-order valence-electron chi connectivity index (χ0n) is 13.5. The van der Waals surface area contributed by atoms with Crippen molar-refractivity contribution >= 4 is 34.0 Å². The van der Waals surface area contributed by atoms with Gasteiger partial charge in [-0.3, -0.25) is 9.59 Å². The van der Waals surface area contributed by atoms with Gasteiger partial charge in [-0.25, -0.2) is 5.43 Å². The Balaban J connectivity index is 2.11. The van der Waals surface area contributed by atoms with E-state index in [1.807, 2.05) is 24.3 Å². The third-order valence-corrected chi connectivity index (χ3v) is 3.65. The van der Waals surface area contributed by atoms with Crippen LogP contribution in [0.3, 0.4) is 0 Å². The van der Waals surface area contributed by atoms with Gasteiger partial charge >= 0.3 is 0 Å². The predicted octanol–water partition coefficient (Wildman–Crippen LogP) is 3.38. The van der Waals surface area contributed by atoms with Gasteiger partial charge in [-0.1, -0.05) is 41.4 Å². The molecule has 0 atom stereocenters. The van der Waals surface area contributed by atoms with Crippen LogP contribution in [-0.2, 0) is 9.59 Å². The molecule has 6 heteroatoms. The summed E-state index contributed by atoms with van der Waals surface area (Å²) in [6.07, 6.45) is 5.91. The molecule has 0 aliphatic rings. The second-order valence-electron chi connectivity index (χ2n) is 5.26. The Kier molecular flexibility index (Phi) is 9.95. The minimum atomic E-state index is -0.136. The SMILES string of the molecule is CCCCNC(=O)CCCCC(=O)N/N=C\c1cccc(Br)c1. The van der Waals surface area contributed by atoms with Crippen molar-refractivity contribution < 1.29 is 9.59 Å². The lowest BCUT2D eigenvalue weighted by Gasteiger charge is -2.04. The summed E-state index contributed by atoms with van der Waals surface area (Å²) >= 11 is 3.37. The molecule has 1 aromatic carbocycles. The fourth-order valence-corrected chi connectivity index (χ4v) is 2.30. The van der Waals surface area contributed by atoms with E-state index in [-0.39, 0.29) is 11.8 Å². The lowest BCUT2D eigenvalue weighted by atomic mass is 10.2. The number of nitrogens with zero attached hydrogens (tertiary/aromatic N) is 1. The maximum Gasteiger partial charge on any atom is 0.240 e. The summed E-state index contributed by atoms with van der Waals surface area (Å²) < 4.78 is 0.963. The maximum absolute atomic E-state index is 11.6. The lowest BCUT2D eigenvalue weighted by Crippen LogP contribution is -2.24. The minimum absolute atomic E-state index is 0.0616. The van der Waals surface area contributed by atoms with E-state index in [4.69, 9.17) is 0 Å². The molecule has 1 aromatic rings. The van der Waals surface area contributed by atoms with E-state index in [1.54, 1.807) is 6.21 Å². The number of nitrogens with one attached hydrogen (secondary N) is 2. The number of hydrogen-bond donors (Lipinski definition) is 2. The Morgan fingerprint density at radius 2 is 1.91 bits per heavy atom. The molecule has 0 aliphatic heterocycles. The van der Waals surface area contributed by atoms with Crippen LogP contribution < -0.4 is 10.7 Å². The number of carbonyl (C=O) groups excluding carboxylic acids is 2. The molecule has 0 aliphatic carbocycles. The third-order valence-electron chi connectivity index (χ3n) is 3.16. The first-order chi connectivity index (χ1) is 11.1. The van der Waals surface area contributed by atoms with Crippen LogP contribution >= 0.6 is 15.9 Å². The van der Waals surface area contributed by atoms with Crippen LogP contribution in [0.15, 0.2) is 33.8 Å². The lowest BCUT2D eigenvalue weighted by molar-refractivity contribution is -0.123. The number of hydrogen-bond acceptors (Lipinski definition) is 3. The van der Waals surface area contributed by atoms with Gasteiger partial charge < -0.3 is 5.32 Å². The van der Waals surface area contributed by atoms with Crippen molar-refractivity contribution in [3.8, 4) is 0 Å². The normalized spacial score (nSPS) is 10.7. The van der Waals surface area contributed by atoms with E-state index in [9.17, 15) is 9.59 Å². The number of amides is 2. The Morgan fingerprint density at radius 3 is 2.61 bits per heavy atom. The summed E-state index contributed by atoms with van der Waals surface area (Å²) in [5.41, 5.74) is 3.40. The monoisotopic (exact) mass is 381 g/mol. The third kappa shape index (κ3) is 9.84. The first-order valence-electron chi connectivity index (χ1n) is 7.96. The van der Waals surface area contributed by atoms with E-state index < -0.39 is 0 Å². The first kappa shape index (κ1) is 19.4. The summed E-state index contributed by atoms with van der Waals surface area (Å²) in [6, 6.07) is 7.64. The first-order valence-corrected chi connectivity index (χ1v) is 8.75. The molecular weight excluding hydrogens is 358 g/mol. The number of halogens is 1. The molecule has 0 saturated heterocycles. The van der Waals surface area contributed by atoms with Crippen molar-refractivity contribution in [2.45, 2.75) is 45.4 Å². The van der Waals surface area contributed by atoms with E-state index in [1.165, 1.54) is 0 Å². The van der Waals surface area contributed by atoms with Crippen LogP contribution in [0.2, 0.25) is 0 Å². The van der Waals surface area contributed by atoms with E-state index in [0.29, 0.717) is 25.7 Å². The smallest absolute Gasteiger partial charge is 0.240 e. The molecule has 0 fully saturated rings. The molecule has 126 valence electrons. The molecule has 2 amide bonds. The molecule has 0 unspecified atom stereocenters. The summed E-state index contributed by atoms with van der Waals surface area (Å²) in [7, 11) is 0. The molecule has 2 N–H and O–H groups in total. The van der Waals surface area contributed by atoms with E-state index >= 15 is 0 Å². The summed E-state index contributed by atoms with van der Waals surface area (Å²) in [5.74, 6) is -0.0748. The van der Waals surface area contributed by atoms with Crippen molar-refractivity contribution in [1.29, 1.82) is 0 Å². The standard InChI is InChI=1S/C17H24BrN3O2/c1-2-3-11-19-16(22)9-4-5-10-17(23)21-20-13-14-7-6-8-15(18)12-14/h6-8,12-13H,2-5,9-11H2,1H3,(H,19,22)(H,21,23)/b20-13-. The highest BCUT2D eigenvalue weighted by Crippen LogP contribution is 2.09. The topological polar surface area (TPSA) is 70.6 Å². The van der Waals surface area contributed by atoms with Gasteiger partial charge in [-0.2, -0.15) is 5.10 Å². The Labute approximate surface area is 146 Å². The van der Waals surface area contributed by atoms with Crippen LogP contribution in [-0.4, -0.2) is 24.6 Å². The van der Waals surface area contributed by atoms with Crippen LogP contribution in [0, 0.1) is 0 Å². The Morgan fingerprint density at radius 1 is 1.17 bits per heavy atom. The molecule has 0 spiro atoms. The second kappa shape index (κ2) is 11.8. The molecule has 0 bridgehead atoms. The molecule has 5 nitrogen and oxygen atoms in total. The molecule has 0 heterocycles. The quantitative estimate of drug-likeness (QED) is 0.370. The van der Waals surface area contributed by atoms with Gasteiger partial charge in [0, 0.05) is 23.9 Å². The van der Waals surface area contributed by atoms with Crippen molar-refractivity contribution in [2.24, 2.45) is 5.10 Å². The zero-order valence-corrected chi connectivity index (χ0v) is 15.1. The summed E-state index contributed by atoms with van der Waals surface area (Å²) in [4.78, 5) is 23.1. The minimum Gasteiger partial charge on any atom is -0.356 e. The Bertz CT molecular complexity index is 532. The second-order valence-corrected chi connectivity index (χ2v) is 6.17. The molecule has 0 radical (unpaired) electrons. The number of unbranched alkanes of at least 4 members (excludes halogenated alkanes) is 2. The average Bonchev–Trinajstić information content (AvgIpc) is 2.52. The van der Waals surface area contributed by atoms with E-state index in [0.717, 1.165) is 29.4 Å². The highest BCUT2D eigenvalue weighted by molar-refractivity contribution is 9.10. The molecule has 23 heavy (non-hydrogen) atoms. The van der Waals surface area contributed by atoms with Crippen LogP contribution in [0.25, 0.3) is 0 Å². The predicted molar refractivity (Wildman–Crippen MR) is 96.3 cm³/mol. The van der Waals surface area contributed by atoms with Crippen LogP contribution in [0.4, 0.5) is 0 Å². The highest BCUT2D eigenvalue weighted by atomic mass is 79.9. The van der Waals surface area contributed by atoms with Crippen LogP contribution in [0.1, 0.15) is 51.0 Å². The van der Waals surface area contributed by atoms with Gasteiger partial charge in [0.25, 0.3) is 0 Å². The number of hydrazone groups is 1. The van der Waals surface area contributed by atoms with Gasteiger partial charge in [0.05, 0.1) is 6.21 Å². The molecule has 0 saturated carbocycles. The largest absolute Gasteiger partial charge is 0.356 e. The number of benzene rings is 1. The fourth-order valence-electron chi connectivity index (χ4n) is 1.89. The summed E-state index contributed by atoms with van der Waals surface area (Å²) in [5, 5.41) is 6.78. The van der Waals surface area contributed by atoms with Crippen LogP contribution in [0.5, 0.6) is 0 Å². The van der Waals surface area contributed by atoms with E-state index in [2.05, 4.69) is 38.7 Å². The maximum atomic E-state index is 11.6. The van der Waals surface area contributed by atoms with Crippen molar-refractivity contribution in [1.82, 2.24) is 10.7 Å². The summed E-state index contributed by atoms with van der Waals surface area (Å²) in [6.45, 7) is 2.82. The van der Waals surface area contributed by atoms with Gasteiger partial charge in [0.1, 0.15) is 0 Å². The van der Waals surface area contributed by atoms with Crippen molar-refractivity contribution in [3.63, 3.8) is 0 Å². The molecule has 0 aromatic heterocycles. The van der Waals surface area contributed by atoms with Gasteiger partial charge in [0.2, 0.25) is 11.8 Å². The number of carbonyl (C=O) groups is 2. The van der Waals surface area contributed by atoms with Gasteiger partial charge in [0.15, 0.2) is 0 Å². The van der Waals surface area contributed by atoms with Gasteiger partial charge in [-0.15, -0.1) is 0 Å². The zero-order chi connectivity index (χ0) is 16.9. The van der Waals surface area contributed by atoms with Gasteiger partial charge in [-0.05, 0) is 37.0 Å². The fraction of sp³-hybridized carbons (Fsp3) is 0.471. The van der Waals surface area contributed by atoms with Crippen molar-refractivity contribution in [2.75, 3.05) is 6.54 Å². The Hall–Kier alpha value is -1.69. The highest BCUT2D eigenvalue weighted by Gasteiger charge is 2.03.